The summed E-state index contributed by atoms with van der Waals surface area (Å²) in [6.45, 7) is 13.7. The molecule has 3 fully saturated rings. The minimum Gasteiger partial charge on any atom is -0.463 e. The van der Waals surface area contributed by atoms with Crippen LogP contribution in [0, 0.1) is 46.3 Å². The summed E-state index contributed by atoms with van der Waals surface area (Å²) in [5, 5.41) is 20.5. The predicted molar refractivity (Wildman–Crippen MR) is 124 cm³/mol. The fraction of sp³-hybridized carbons (Fsp3) is 0.963. The topological polar surface area (TPSA) is 66.8 Å². The number of hydrogen-bond acceptors (Lipinski definition) is 4. The number of fused-ring (bicyclic) bond motifs is 1. The van der Waals surface area contributed by atoms with E-state index in [4.69, 9.17) is 4.74 Å². The molecule has 0 aromatic rings. The Balaban J connectivity index is 1.74. The minimum atomic E-state index is -0.253. The zero-order chi connectivity index (χ0) is 23.0. The molecule has 0 aromatic heterocycles. The van der Waals surface area contributed by atoms with E-state index in [1.54, 1.807) is 0 Å². The summed E-state index contributed by atoms with van der Waals surface area (Å²) >= 11 is 0. The average molecular weight is 437 g/mol. The van der Waals surface area contributed by atoms with Gasteiger partial charge in [-0.25, -0.2) is 0 Å². The van der Waals surface area contributed by atoms with Gasteiger partial charge in [-0.1, -0.05) is 34.6 Å². The van der Waals surface area contributed by atoms with Gasteiger partial charge in [0, 0.05) is 13.5 Å². The Morgan fingerprint density at radius 3 is 2.52 bits per heavy atom. The molecular formula is C27H48O4. The van der Waals surface area contributed by atoms with E-state index in [-0.39, 0.29) is 36.1 Å². The Hall–Kier alpha value is -0.610. The van der Waals surface area contributed by atoms with Crippen LogP contribution in [0.15, 0.2) is 0 Å². The zero-order valence-corrected chi connectivity index (χ0v) is 20.9. The summed E-state index contributed by atoms with van der Waals surface area (Å²) in [7, 11) is 0. The molecule has 0 amide bonds. The second-order valence-corrected chi connectivity index (χ2v) is 12.1. The fourth-order valence-corrected chi connectivity index (χ4v) is 8.19. The normalized spacial score (nSPS) is 46.4. The third kappa shape index (κ3) is 4.86. The number of hydrogen-bond donors (Lipinski definition) is 2. The fourth-order valence-electron chi connectivity index (χ4n) is 8.19. The van der Waals surface area contributed by atoms with E-state index in [0.29, 0.717) is 29.1 Å². The molecule has 3 rings (SSSR count). The lowest BCUT2D eigenvalue weighted by atomic mass is 9.50. The molecular weight excluding hydrogens is 388 g/mol. The van der Waals surface area contributed by atoms with E-state index in [1.165, 1.54) is 32.6 Å². The summed E-state index contributed by atoms with van der Waals surface area (Å²) < 4.78 is 5.60. The molecule has 0 spiro atoms. The lowest BCUT2D eigenvalue weighted by molar-refractivity contribution is -0.161. The number of carbonyl (C=O) groups is 1. The van der Waals surface area contributed by atoms with Crippen molar-refractivity contribution in [2.24, 2.45) is 46.3 Å². The summed E-state index contributed by atoms with van der Waals surface area (Å²) in [5.41, 5.74) is 0.545. The van der Waals surface area contributed by atoms with Crippen molar-refractivity contribution >= 4 is 5.97 Å². The molecule has 31 heavy (non-hydrogen) atoms. The van der Waals surface area contributed by atoms with E-state index in [2.05, 4.69) is 34.6 Å². The molecule has 10 atom stereocenters. The van der Waals surface area contributed by atoms with Crippen LogP contribution in [-0.4, -0.2) is 35.0 Å². The summed E-state index contributed by atoms with van der Waals surface area (Å²) in [6, 6.07) is 0. The molecule has 2 N–H and O–H groups in total. The summed E-state index contributed by atoms with van der Waals surface area (Å²) in [5.74, 6) is 3.00. The van der Waals surface area contributed by atoms with Crippen molar-refractivity contribution in [2.45, 2.75) is 112 Å². The first-order chi connectivity index (χ1) is 14.5. The standard InChI is InChI=1S/C27H48O4/c1-17(11-14-28)23-8-7-18(2)26(23,5)12-9-21-15-25(30)19(3)24-16-22(31-20(4)29)10-13-27(21,24)6/h17-19,21-25,28,30H,7-16H2,1-6H3/t17-,18?,19-,21?,22-,23-,24?,25+,26+,27-/m1/s1. The summed E-state index contributed by atoms with van der Waals surface area (Å²) in [4.78, 5) is 11.5. The molecule has 0 aromatic carbocycles. The molecule has 4 heteroatoms. The quantitative estimate of drug-likeness (QED) is 0.510. The van der Waals surface area contributed by atoms with Crippen LogP contribution >= 0.6 is 0 Å². The Morgan fingerprint density at radius 2 is 1.87 bits per heavy atom. The van der Waals surface area contributed by atoms with E-state index in [1.807, 2.05) is 0 Å². The maximum absolute atomic E-state index is 11.5. The second-order valence-electron chi connectivity index (χ2n) is 12.1. The number of aliphatic hydroxyl groups is 2. The molecule has 3 unspecified atom stereocenters. The van der Waals surface area contributed by atoms with Gasteiger partial charge in [0.2, 0.25) is 0 Å². The third-order valence-corrected chi connectivity index (χ3v) is 10.6. The third-order valence-electron chi connectivity index (χ3n) is 10.6. The van der Waals surface area contributed by atoms with E-state index in [9.17, 15) is 15.0 Å². The lowest BCUT2D eigenvalue weighted by Crippen LogP contribution is -2.53. The number of ether oxygens (including phenoxy) is 1. The van der Waals surface area contributed by atoms with E-state index >= 15 is 0 Å². The minimum absolute atomic E-state index is 0.0139. The van der Waals surface area contributed by atoms with Crippen molar-refractivity contribution in [3.05, 3.63) is 0 Å². The largest absolute Gasteiger partial charge is 0.463 e. The van der Waals surface area contributed by atoms with Crippen molar-refractivity contribution in [2.75, 3.05) is 6.61 Å². The molecule has 4 nitrogen and oxygen atoms in total. The van der Waals surface area contributed by atoms with E-state index < -0.39 is 0 Å². The highest BCUT2D eigenvalue weighted by Crippen LogP contribution is 2.60. The Kier molecular flexibility index (Phi) is 7.84. The van der Waals surface area contributed by atoms with Gasteiger partial charge in [-0.3, -0.25) is 4.79 Å². The van der Waals surface area contributed by atoms with Crippen LogP contribution in [0.4, 0.5) is 0 Å². The average Bonchev–Trinajstić information content (AvgIpc) is 2.99. The van der Waals surface area contributed by atoms with Crippen LogP contribution in [0.2, 0.25) is 0 Å². The van der Waals surface area contributed by atoms with Crippen LogP contribution in [0.3, 0.4) is 0 Å². The SMILES string of the molecule is CC(=O)O[C@@H]1CC[C@]2(C)C(CC[C@@]3(C)C(C)CC[C@@H]3[C@H](C)CCO)C[C@H](O)[C@H](C)C2C1. The van der Waals surface area contributed by atoms with Crippen molar-refractivity contribution in [3.63, 3.8) is 0 Å². The van der Waals surface area contributed by atoms with Crippen LogP contribution in [0.5, 0.6) is 0 Å². The highest BCUT2D eigenvalue weighted by molar-refractivity contribution is 5.66. The van der Waals surface area contributed by atoms with Gasteiger partial charge in [-0.15, -0.1) is 0 Å². The highest BCUT2D eigenvalue weighted by Gasteiger charge is 2.54. The molecule has 3 aliphatic rings. The van der Waals surface area contributed by atoms with Gasteiger partial charge < -0.3 is 14.9 Å². The van der Waals surface area contributed by atoms with E-state index in [0.717, 1.165) is 38.0 Å². The van der Waals surface area contributed by atoms with Crippen molar-refractivity contribution in [3.8, 4) is 0 Å². The van der Waals surface area contributed by atoms with Gasteiger partial charge in [-0.2, -0.15) is 0 Å². The molecule has 3 saturated carbocycles. The Labute approximate surface area is 190 Å². The first-order valence-electron chi connectivity index (χ1n) is 13.0. The summed E-state index contributed by atoms with van der Waals surface area (Å²) in [6.07, 6.45) is 9.50. The second kappa shape index (κ2) is 9.71. The molecule has 0 aliphatic heterocycles. The first kappa shape index (κ1) is 25.0. The molecule has 3 aliphatic carbocycles. The van der Waals surface area contributed by atoms with Gasteiger partial charge in [0.25, 0.3) is 0 Å². The van der Waals surface area contributed by atoms with Crippen LogP contribution in [0.1, 0.15) is 99.3 Å². The monoisotopic (exact) mass is 436 g/mol. The number of esters is 1. The molecule has 0 bridgehead atoms. The molecule has 0 heterocycles. The van der Waals surface area contributed by atoms with Crippen LogP contribution in [-0.2, 0) is 9.53 Å². The Morgan fingerprint density at radius 1 is 1.16 bits per heavy atom. The van der Waals surface area contributed by atoms with Crippen molar-refractivity contribution in [1.29, 1.82) is 0 Å². The predicted octanol–water partition coefficient (Wildman–Crippen LogP) is 5.59. The maximum atomic E-state index is 11.5. The lowest BCUT2D eigenvalue weighted by Gasteiger charge is -2.56. The van der Waals surface area contributed by atoms with Gasteiger partial charge in [0.1, 0.15) is 6.10 Å². The number of aliphatic hydroxyl groups excluding tert-OH is 2. The zero-order valence-electron chi connectivity index (χ0n) is 20.9. The number of carbonyl (C=O) groups excluding carboxylic acids is 1. The van der Waals surface area contributed by atoms with Gasteiger partial charge in [-0.05, 0) is 104 Å². The van der Waals surface area contributed by atoms with Crippen LogP contribution < -0.4 is 0 Å². The van der Waals surface area contributed by atoms with Gasteiger partial charge in [0.15, 0.2) is 0 Å². The van der Waals surface area contributed by atoms with Gasteiger partial charge in [0.05, 0.1) is 6.10 Å². The molecule has 0 saturated heterocycles. The van der Waals surface area contributed by atoms with Gasteiger partial charge >= 0.3 is 5.97 Å². The first-order valence-corrected chi connectivity index (χ1v) is 13.0. The van der Waals surface area contributed by atoms with Crippen molar-refractivity contribution < 1.29 is 19.7 Å². The smallest absolute Gasteiger partial charge is 0.302 e. The molecule has 0 radical (unpaired) electrons. The maximum Gasteiger partial charge on any atom is 0.302 e. The van der Waals surface area contributed by atoms with Crippen molar-refractivity contribution in [1.82, 2.24) is 0 Å². The highest BCUT2D eigenvalue weighted by atomic mass is 16.5. The molecule has 180 valence electrons. The van der Waals surface area contributed by atoms with Crippen LogP contribution in [0.25, 0.3) is 0 Å². The number of rotatable bonds is 7. The Bertz CT molecular complexity index is 620.